The second-order valence-electron chi connectivity index (χ2n) is 5.75. The van der Waals surface area contributed by atoms with Crippen LogP contribution < -0.4 is 16.0 Å². The van der Waals surface area contributed by atoms with Crippen molar-refractivity contribution in [2.45, 2.75) is 19.8 Å². The first-order valence-electron chi connectivity index (χ1n) is 7.60. The summed E-state index contributed by atoms with van der Waals surface area (Å²) in [4.78, 5) is 34.4. The van der Waals surface area contributed by atoms with E-state index in [0.717, 1.165) is 49.9 Å². The Morgan fingerprint density at radius 2 is 2.13 bits per heavy atom. The molecule has 0 aromatic carbocycles. The van der Waals surface area contributed by atoms with Crippen molar-refractivity contribution >= 4 is 34.9 Å². The minimum atomic E-state index is -0.374. The molecule has 3 heterocycles. The fourth-order valence-corrected chi connectivity index (χ4v) is 3.38. The van der Waals surface area contributed by atoms with Crippen LogP contribution in [0.25, 0.3) is 6.08 Å². The lowest BCUT2D eigenvalue weighted by Crippen LogP contribution is -2.37. The average molecular weight is 333 g/mol. The number of nitrogens with zero attached hydrogens (tertiary/aromatic N) is 3. The lowest BCUT2D eigenvalue weighted by atomic mass is 9.97. The SMILES string of the molecule is Cc1cc(/C=C2\SC(=O)NC2=O)nc(N2CCC(CN)CC2)n1. The number of amides is 2. The van der Waals surface area contributed by atoms with E-state index in [1.165, 1.54) is 0 Å². The summed E-state index contributed by atoms with van der Waals surface area (Å²) in [5.74, 6) is 0.867. The van der Waals surface area contributed by atoms with Crippen LogP contribution in [0.1, 0.15) is 24.2 Å². The van der Waals surface area contributed by atoms with Crippen LogP contribution in [0.3, 0.4) is 0 Å². The predicted molar refractivity (Wildman–Crippen MR) is 89.9 cm³/mol. The summed E-state index contributed by atoms with van der Waals surface area (Å²) in [6.45, 7) is 4.39. The van der Waals surface area contributed by atoms with E-state index in [9.17, 15) is 9.59 Å². The molecule has 0 saturated carbocycles. The fourth-order valence-electron chi connectivity index (χ4n) is 2.72. The summed E-state index contributed by atoms with van der Waals surface area (Å²) in [7, 11) is 0. The standard InChI is InChI=1S/C15H19N5O2S/c1-9-6-11(7-12-13(21)19-15(22)23-12)18-14(17-9)20-4-2-10(8-16)3-5-20/h6-7,10H,2-5,8,16H2,1H3,(H,19,21,22)/b12-7-. The van der Waals surface area contributed by atoms with Gasteiger partial charge in [-0.2, -0.15) is 0 Å². The van der Waals surface area contributed by atoms with Crippen LogP contribution in [0.5, 0.6) is 0 Å². The Hall–Kier alpha value is -1.93. The quantitative estimate of drug-likeness (QED) is 0.804. The molecule has 2 saturated heterocycles. The van der Waals surface area contributed by atoms with Crippen molar-refractivity contribution in [3.05, 3.63) is 22.4 Å². The van der Waals surface area contributed by atoms with Gasteiger partial charge >= 0.3 is 0 Å². The molecule has 2 aliphatic heterocycles. The summed E-state index contributed by atoms with van der Waals surface area (Å²) in [5.41, 5.74) is 7.20. The first-order chi connectivity index (χ1) is 11.0. The monoisotopic (exact) mass is 333 g/mol. The molecule has 3 rings (SSSR count). The normalized spacial score (nSPS) is 21.1. The molecule has 122 valence electrons. The summed E-state index contributed by atoms with van der Waals surface area (Å²) in [6.07, 6.45) is 3.71. The minimum Gasteiger partial charge on any atom is -0.341 e. The van der Waals surface area contributed by atoms with Gasteiger partial charge in [-0.05, 0) is 56.1 Å². The molecule has 0 aliphatic carbocycles. The minimum absolute atomic E-state index is 0.351. The smallest absolute Gasteiger partial charge is 0.290 e. The van der Waals surface area contributed by atoms with Gasteiger partial charge in [0.05, 0.1) is 10.6 Å². The molecule has 0 atom stereocenters. The van der Waals surface area contributed by atoms with Crippen LogP contribution in [0.4, 0.5) is 10.7 Å². The highest BCUT2D eigenvalue weighted by molar-refractivity contribution is 8.18. The van der Waals surface area contributed by atoms with Crippen molar-refractivity contribution < 1.29 is 9.59 Å². The summed E-state index contributed by atoms with van der Waals surface area (Å²) < 4.78 is 0. The number of nitrogens with one attached hydrogen (secondary N) is 1. The van der Waals surface area contributed by atoms with Crippen LogP contribution in [-0.2, 0) is 4.79 Å². The molecule has 8 heteroatoms. The Morgan fingerprint density at radius 3 is 2.74 bits per heavy atom. The van der Waals surface area contributed by atoms with E-state index in [1.54, 1.807) is 12.1 Å². The van der Waals surface area contributed by atoms with E-state index >= 15 is 0 Å². The highest BCUT2D eigenvalue weighted by Gasteiger charge is 2.25. The van der Waals surface area contributed by atoms with Crippen molar-refractivity contribution in [2.24, 2.45) is 11.7 Å². The molecule has 0 unspecified atom stereocenters. The first-order valence-corrected chi connectivity index (χ1v) is 8.42. The van der Waals surface area contributed by atoms with E-state index in [2.05, 4.69) is 20.2 Å². The van der Waals surface area contributed by atoms with Gasteiger partial charge in [-0.15, -0.1) is 0 Å². The van der Waals surface area contributed by atoms with Gasteiger partial charge in [0.25, 0.3) is 11.1 Å². The van der Waals surface area contributed by atoms with Gasteiger partial charge in [-0.3, -0.25) is 14.9 Å². The Kier molecular flexibility index (Phi) is 4.63. The van der Waals surface area contributed by atoms with Gasteiger partial charge in [0, 0.05) is 18.8 Å². The number of imide groups is 1. The molecule has 0 bridgehead atoms. The number of hydrogen-bond acceptors (Lipinski definition) is 7. The Bertz CT molecular complexity index is 668. The molecule has 2 amide bonds. The van der Waals surface area contributed by atoms with Crippen molar-refractivity contribution in [2.75, 3.05) is 24.5 Å². The third-order valence-corrected chi connectivity index (χ3v) is 4.82. The van der Waals surface area contributed by atoms with E-state index in [0.29, 0.717) is 22.5 Å². The molecule has 23 heavy (non-hydrogen) atoms. The Balaban J connectivity index is 1.81. The van der Waals surface area contributed by atoms with Crippen LogP contribution >= 0.6 is 11.8 Å². The maximum atomic E-state index is 11.6. The zero-order chi connectivity index (χ0) is 16.4. The lowest BCUT2D eigenvalue weighted by Gasteiger charge is -2.31. The highest BCUT2D eigenvalue weighted by Crippen LogP contribution is 2.26. The average Bonchev–Trinajstić information content (AvgIpc) is 2.84. The molecule has 2 aliphatic rings. The second kappa shape index (κ2) is 6.67. The molecule has 7 nitrogen and oxygen atoms in total. The molecule has 2 fully saturated rings. The summed E-state index contributed by atoms with van der Waals surface area (Å²) in [6, 6.07) is 1.81. The van der Waals surface area contributed by atoms with E-state index in [-0.39, 0.29) is 11.1 Å². The number of aromatic nitrogens is 2. The van der Waals surface area contributed by atoms with Gasteiger partial charge in [-0.1, -0.05) is 0 Å². The second-order valence-corrected chi connectivity index (χ2v) is 6.77. The van der Waals surface area contributed by atoms with E-state index in [4.69, 9.17) is 5.73 Å². The van der Waals surface area contributed by atoms with E-state index < -0.39 is 0 Å². The molecule has 1 aromatic rings. The fraction of sp³-hybridized carbons (Fsp3) is 0.467. The Morgan fingerprint density at radius 1 is 1.39 bits per heavy atom. The number of carbonyl (C=O) groups excluding carboxylic acids is 2. The molecule has 0 radical (unpaired) electrons. The zero-order valence-corrected chi connectivity index (χ0v) is 13.7. The van der Waals surface area contributed by atoms with Crippen LogP contribution in [0, 0.1) is 12.8 Å². The number of thioether (sulfide) groups is 1. The van der Waals surface area contributed by atoms with Gasteiger partial charge in [0.15, 0.2) is 0 Å². The van der Waals surface area contributed by atoms with Crippen LogP contribution in [-0.4, -0.2) is 40.7 Å². The Labute approximate surface area is 138 Å². The molecule has 0 spiro atoms. The number of hydrogen-bond donors (Lipinski definition) is 2. The number of carbonyl (C=O) groups is 2. The zero-order valence-electron chi connectivity index (χ0n) is 12.9. The van der Waals surface area contributed by atoms with Gasteiger partial charge in [0.1, 0.15) is 0 Å². The summed E-state index contributed by atoms with van der Waals surface area (Å²) in [5, 5.41) is 1.89. The van der Waals surface area contributed by atoms with Crippen molar-refractivity contribution in [1.29, 1.82) is 0 Å². The van der Waals surface area contributed by atoms with E-state index in [1.807, 2.05) is 6.92 Å². The van der Waals surface area contributed by atoms with Gasteiger partial charge in [-0.25, -0.2) is 9.97 Å². The van der Waals surface area contributed by atoms with Crippen LogP contribution in [0.2, 0.25) is 0 Å². The van der Waals surface area contributed by atoms with Crippen molar-refractivity contribution in [1.82, 2.24) is 15.3 Å². The maximum Gasteiger partial charge on any atom is 0.290 e. The molecular weight excluding hydrogens is 314 g/mol. The summed E-state index contributed by atoms with van der Waals surface area (Å²) >= 11 is 0.893. The van der Waals surface area contributed by atoms with Crippen molar-refractivity contribution in [3.63, 3.8) is 0 Å². The predicted octanol–water partition coefficient (Wildman–Crippen LogP) is 1.28. The third-order valence-electron chi connectivity index (χ3n) is 4.01. The highest BCUT2D eigenvalue weighted by atomic mass is 32.2. The van der Waals surface area contributed by atoms with Crippen molar-refractivity contribution in [3.8, 4) is 0 Å². The van der Waals surface area contributed by atoms with Gasteiger partial charge < -0.3 is 10.6 Å². The molecule has 3 N–H and O–H groups in total. The third kappa shape index (κ3) is 3.70. The molecular formula is C15H19N5O2S. The lowest BCUT2D eigenvalue weighted by molar-refractivity contribution is -0.115. The number of nitrogens with two attached hydrogens (primary N) is 1. The molecule has 1 aromatic heterocycles. The first kappa shape index (κ1) is 15.9. The van der Waals surface area contributed by atoms with Crippen LogP contribution in [0.15, 0.2) is 11.0 Å². The number of piperidine rings is 1. The maximum absolute atomic E-state index is 11.6. The topological polar surface area (TPSA) is 101 Å². The number of rotatable bonds is 3. The van der Waals surface area contributed by atoms with Gasteiger partial charge in [0.2, 0.25) is 5.95 Å². The number of aryl methyl sites for hydroxylation is 1. The largest absolute Gasteiger partial charge is 0.341 e. The number of anilines is 1.